The van der Waals surface area contributed by atoms with E-state index in [0.29, 0.717) is 0 Å². The molecule has 0 aliphatic heterocycles. The Morgan fingerprint density at radius 1 is 0.429 bits per heavy atom. The second-order valence-corrected chi connectivity index (χ2v) is 0. The Balaban J connectivity index is 0. The molecule has 0 bridgehead atoms. The van der Waals surface area contributed by atoms with E-state index in [1.165, 1.54) is 0 Å². The summed E-state index contributed by atoms with van der Waals surface area (Å²) in [5, 5.41) is 0. The van der Waals surface area contributed by atoms with Gasteiger partial charge in [0, 0.05) is 0 Å². The average Bonchev–Trinajstić information content (AvgIpc) is 0. The molecule has 0 unspecified atom stereocenters. The van der Waals surface area contributed by atoms with E-state index in [9.17, 15) is 0 Å². The van der Waals surface area contributed by atoms with Crippen LogP contribution in [0.2, 0.25) is 0 Å². The SMILES string of the molecule is [O-2].[O-2].[O-2].[SiH4].[SiH4].[Y+3].[Y+3]. The summed E-state index contributed by atoms with van der Waals surface area (Å²) < 4.78 is 0. The van der Waals surface area contributed by atoms with Crippen LogP contribution in [-0.4, -0.2) is 21.9 Å². The van der Waals surface area contributed by atoms with E-state index in [2.05, 4.69) is 0 Å². The van der Waals surface area contributed by atoms with E-state index in [0.717, 1.165) is 0 Å². The molecule has 0 aromatic carbocycles. The van der Waals surface area contributed by atoms with Crippen molar-refractivity contribution in [3.05, 3.63) is 0 Å². The molecule has 0 fully saturated rings. The molecule has 3 nitrogen and oxygen atoms in total. The van der Waals surface area contributed by atoms with Gasteiger partial charge in [0.1, 0.15) is 0 Å². The Morgan fingerprint density at radius 2 is 0.429 bits per heavy atom. The average molecular weight is 290 g/mol. The van der Waals surface area contributed by atoms with Gasteiger partial charge in [0.05, 0.1) is 0 Å². The normalized spacial score (nSPS) is 0. The molecule has 0 radical (unpaired) electrons. The quantitative estimate of drug-likeness (QED) is 0.419. The molecule has 0 saturated heterocycles. The smallest absolute Gasteiger partial charge is 2.00 e. The van der Waals surface area contributed by atoms with Crippen molar-refractivity contribution in [1.82, 2.24) is 0 Å². The maximum Gasteiger partial charge on any atom is 3.00 e. The molecule has 7 heavy (non-hydrogen) atoms. The first-order chi connectivity index (χ1) is 0. The second kappa shape index (κ2) is 75.8. The van der Waals surface area contributed by atoms with Gasteiger partial charge in [-0.3, -0.25) is 0 Å². The van der Waals surface area contributed by atoms with Crippen molar-refractivity contribution in [3.8, 4) is 0 Å². The van der Waals surface area contributed by atoms with Crippen LogP contribution in [0.25, 0.3) is 0 Å². The summed E-state index contributed by atoms with van der Waals surface area (Å²) in [6.45, 7) is 0. The third-order valence-electron chi connectivity index (χ3n) is 0. The standard InChI is InChI=1S/3O.2H4Si.2Y/h;;;2*1H4;;/q3*-2;;;2*+3. The van der Waals surface area contributed by atoms with Crippen molar-refractivity contribution in [3.63, 3.8) is 0 Å². The zero-order chi connectivity index (χ0) is 0. The molecule has 0 aliphatic rings. The molecule has 0 aromatic heterocycles. The van der Waals surface area contributed by atoms with Crippen molar-refractivity contribution in [1.29, 1.82) is 0 Å². The van der Waals surface area contributed by atoms with Crippen LogP contribution in [0.1, 0.15) is 0 Å². The van der Waals surface area contributed by atoms with Crippen molar-refractivity contribution in [2.24, 2.45) is 0 Å². The van der Waals surface area contributed by atoms with Crippen LogP contribution >= 0.6 is 0 Å². The fraction of sp³-hybridized carbons (Fsp3) is 0. The zero-order valence-electron chi connectivity index (χ0n) is 2.38. The number of hydrogen-bond donors (Lipinski definition) is 0. The Bertz CT molecular complexity index is 10.9. The Morgan fingerprint density at radius 3 is 0.429 bits per heavy atom. The third-order valence-corrected chi connectivity index (χ3v) is 0. The molecule has 0 amide bonds. The van der Waals surface area contributed by atoms with Gasteiger partial charge >= 0.3 is 65.4 Å². The molecular formula is H8O3Si2Y2. The number of rotatable bonds is 0. The predicted octanol–water partition coefficient (Wildman–Crippen LogP) is -3.26. The molecule has 0 aromatic rings. The molecule has 0 aliphatic carbocycles. The summed E-state index contributed by atoms with van der Waals surface area (Å²) in [4.78, 5) is 0. The monoisotopic (exact) mass is 290 g/mol. The molecule has 0 heterocycles. The van der Waals surface area contributed by atoms with Gasteiger partial charge in [-0.1, -0.05) is 0 Å². The number of hydrogen-bond acceptors (Lipinski definition) is 0. The van der Waals surface area contributed by atoms with Crippen molar-refractivity contribution < 1.29 is 81.8 Å². The molecule has 0 saturated carbocycles. The Labute approximate surface area is 102 Å². The maximum atomic E-state index is 0. The van der Waals surface area contributed by atoms with Gasteiger partial charge in [-0.2, -0.15) is 0 Å². The summed E-state index contributed by atoms with van der Waals surface area (Å²) in [7, 11) is 0. The van der Waals surface area contributed by atoms with E-state index in [1.54, 1.807) is 0 Å². The maximum absolute atomic E-state index is 0. The van der Waals surface area contributed by atoms with Crippen LogP contribution in [0.4, 0.5) is 0 Å². The first-order valence-corrected chi connectivity index (χ1v) is 0. The van der Waals surface area contributed by atoms with Gasteiger partial charge < -0.3 is 16.4 Å². The van der Waals surface area contributed by atoms with Crippen molar-refractivity contribution in [2.45, 2.75) is 0 Å². The van der Waals surface area contributed by atoms with E-state index >= 15 is 0 Å². The molecule has 7 heteroatoms. The van der Waals surface area contributed by atoms with Crippen molar-refractivity contribution in [2.75, 3.05) is 0 Å². The summed E-state index contributed by atoms with van der Waals surface area (Å²) in [5.74, 6) is 0. The summed E-state index contributed by atoms with van der Waals surface area (Å²) >= 11 is 0. The van der Waals surface area contributed by atoms with Crippen LogP contribution in [0.15, 0.2) is 0 Å². The molecule has 40 valence electrons. The minimum atomic E-state index is 0. The fourth-order valence-corrected chi connectivity index (χ4v) is 0. The zero-order valence-corrected chi connectivity index (χ0v) is 8.06. The van der Waals surface area contributed by atoms with E-state index < -0.39 is 0 Å². The van der Waals surface area contributed by atoms with Crippen LogP contribution in [0.5, 0.6) is 0 Å². The summed E-state index contributed by atoms with van der Waals surface area (Å²) in [5.41, 5.74) is 0. The summed E-state index contributed by atoms with van der Waals surface area (Å²) in [6.07, 6.45) is 0. The first-order valence-electron chi connectivity index (χ1n) is 0. The van der Waals surface area contributed by atoms with Gasteiger partial charge in [-0.05, 0) is 21.9 Å². The molecule has 0 atom stereocenters. The van der Waals surface area contributed by atoms with Gasteiger partial charge in [0.15, 0.2) is 0 Å². The van der Waals surface area contributed by atoms with Crippen LogP contribution in [-0.2, 0) is 81.8 Å². The fourth-order valence-electron chi connectivity index (χ4n) is 0. The largest absolute Gasteiger partial charge is 3.00 e. The van der Waals surface area contributed by atoms with Crippen LogP contribution in [0, 0.1) is 0 Å². The second-order valence-electron chi connectivity index (χ2n) is 0. The Kier molecular flexibility index (Phi) is 1180. The minimum Gasteiger partial charge on any atom is -2.00 e. The molecule has 0 spiro atoms. The van der Waals surface area contributed by atoms with E-state index in [4.69, 9.17) is 0 Å². The topological polar surface area (TPSA) is 85.5 Å². The van der Waals surface area contributed by atoms with Crippen molar-refractivity contribution >= 4 is 21.9 Å². The molecular weight excluding hydrogens is 282 g/mol. The minimum absolute atomic E-state index is 0. The predicted molar refractivity (Wildman–Crippen MR) is 24.7 cm³/mol. The van der Waals surface area contributed by atoms with Gasteiger partial charge in [-0.25, -0.2) is 0 Å². The van der Waals surface area contributed by atoms with Gasteiger partial charge in [0.2, 0.25) is 0 Å². The van der Waals surface area contributed by atoms with Crippen LogP contribution in [0.3, 0.4) is 0 Å². The molecule has 0 N–H and O–H groups in total. The summed E-state index contributed by atoms with van der Waals surface area (Å²) in [6, 6.07) is 0. The Hall–Kier alpha value is 2.52. The van der Waals surface area contributed by atoms with Gasteiger partial charge in [0.25, 0.3) is 0 Å². The van der Waals surface area contributed by atoms with E-state index in [-0.39, 0.29) is 104 Å². The van der Waals surface area contributed by atoms with E-state index in [1.807, 2.05) is 0 Å². The molecule has 0 rings (SSSR count). The first kappa shape index (κ1) is 109. The van der Waals surface area contributed by atoms with Crippen LogP contribution < -0.4 is 0 Å². The third kappa shape index (κ3) is 57.0. The van der Waals surface area contributed by atoms with Gasteiger partial charge in [-0.15, -0.1) is 0 Å².